The SMILES string of the molecule is CC1=C(C(=O)c2ccc(C)cc2)CC(C)N1. The lowest BCUT2D eigenvalue weighted by Gasteiger charge is -2.03. The minimum absolute atomic E-state index is 0.161. The largest absolute Gasteiger partial charge is 0.385 e. The van der Waals surface area contributed by atoms with E-state index in [2.05, 4.69) is 12.2 Å². The Labute approximate surface area is 96.4 Å². The maximum atomic E-state index is 12.2. The van der Waals surface area contributed by atoms with Gasteiger partial charge in [-0.05, 0) is 27.2 Å². The fourth-order valence-electron chi connectivity index (χ4n) is 2.11. The molecule has 2 nitrogen and oxygen atoms in total. The van der Waals surface area contributed by atoms with Crippen LogP contribution in [0.25, 0.3) is 0 Å². The predicted octanol–water partition coefficient (Wildman–Crippen LogP) is 2.83. The van der Waals surface area contributed by atoms with E-state index in [4.69, 9.17) is 0 Å². The van der Waals surface area contributed by atoms with Gasteiger partial charge in [-0.2, -0.15) is 0 Å². The molecule has 1 N–H and O–H groups in total. The monoisotopic (exact) mass is 215 g/mol. The number of hydrogen-bond donors (Lipinski definition) is 1. The number of Topliss-reactive ketones (excluding diaryl/α,β-unsaturated/α-hetero) is 1. The van der Waals surface area contributed by atoms with Gasteiger partial charge in [0.05, 0.1) is 0 Å². The van der Waals surface area contributed by atoms with Gasteiger partial charge in [0.1, 0.15) is 0 Å². The smallest absolute Gasteiger partial charge is 0.190 e. The molecular weight excluding hydrogens is 198 g/mol. The fraction of sp³-hybridized carbons (Fsp3) is 0.357. The Hall–Kier alpha value is -1.57. The van der Waals surface area contributed by atoms with E-state index in [0.29, 0.717) is 6.04 Å². The van der Waals surface area contributed by atoms with Gasteiger partial charge in [0, 0.05) is 22.9 Å². The molecule has 1 heterocycles. The highest BCUT2D eigenvalue weighted by atomic mass is 16.1. The zero-order valence-electron chi connectivity index (χ0n) is 10.0. The quantitative estimate of drug-likeness (QED) is 0.769. The van der Waals surface area contributed by atoms with Gasteiger partial charge in [-0.1, -0.05) is 29.8 Å². The molecule has 2 heteroatoms. The van der Waals surface area contributed by atoms with Crippen LogP contribution in [0.5, 0.6) is 0 Å². The van der Waals surface area contributed by atoms with Crippen LogP contribution in [-0.4, -0.2) is 11.8 Å². The Kier molecular flexibility index (Phi) is 2.82. The zero-order chi connectivity index (χ0) is 11.7. The van der Waals surface area contributed by atoms with Crippen LogP contribution in [0.15, 0.2) is 35.5 Å². The molecule has 1 aromatic rings. The minimum Gasteiger partial charge on any atom is -0.385 e. The molecule has 1 aliphatic heterocycles. The summed E-state index contributed by atoms with van der Waals surface area (Å²) in [4.78, 5) is 12.2. The highest BCUT2D eigenvalue weighted by Gasteiger charge is 2.23. The molecule has 1 atom stereocenters. The van der Waals surface area contributed by atoms with E-state index in [1.54, 1.807) is 0 Å². The van der Waals surface area contributed by atoms with Crippen molar-refractivity contribution in [1.82, 2.24) is 5.32 Å². The molecule has 0 bridgehead atoms. The van der Waals surface area contributed by atoms with Crippen LogP contribution in [0.4, 0.5) is 0 Å². The Bertz CT molecular complexity index is 442. The van der Waals surface area contributed by atoms with Gasteiger partial charge in [-0.25, -0.2) is 0 Å². The van der Waals surface area contributed by atoms with Crippen molar-refractivity contribution >= 4 is 5.78 Å². The van der Waals surface area contributed by atoms with Crippen molar-refractivity contribution in [3.63, 3.8) is 0 Å². The molecule has 2 rings (SSSR count). The second-order valence-electron chi connectivity index (χ2n) is 4.55. The van der Waals surface area contributed by atoms with Gasteiger partial charge in [-0.3, -0.25) is 4.79 Å². The van der Waals surface area contributed by atoms with Crippen molar-refractivity contribution in [3.05, 3.63) is 46.7 Å². The Morgan fingerprint density at radius 1 is 1.25 bits per heavy atom. The third kappa shape index (κ3) is 2.01. The van der Waals surface area contributed by atoms with E-state index in [1.165, 1.54) is 5.56 Å². The third-order valence-corrected chi connectivity index (χ3v) is 3.01. The van der Waals surface area contributed by atoms with Gasteiger partial charge in [0.15, 0.2) is 5.78 Å². The zero-order valence-corrected chi connectivity index (χ0v) is 10.0. The molecule has 0 amide bonds. The number of rotatable bonds is 2. The summed E-state index contributed by atoms with van der Waals surface area (Å²) in [7, 11) is 0. The van der Waals surface area contributed by atoms with Gasteiger partial charge in [0.2, 0.25) is 0 Å². The number of carbonyl (C=O) groups is 1. The summed E-state index contributed by atoms with van der Waals surface area (Å²) in [5.41, 5.74) is 3.92. The number of allylic oxidation sites excluding steroid dienone is 1. The topological polar surface area (TPSA) is 29.1 Å². The Balaban J connectivity index is 2.26. The average Bonchev–Trinajstić information content (AvgIpc) is 2.58. The number of ketones is 1. The first-order chi connectivity index (χ1) is 7.58. The van der Waals surface area contributed by atoms with Crippen molar-refractivity contribution in [2.45, 2.75) is 33.2 Å². The maximum Gasteiger partial charge on any atom is 0.190 e. The predicted molar refractivity (Wildman–Crippen MR) is 65.4 cm³/mol. The summed E-state index contributed by atoms with van der Waals surface area (Å²) in [6.45, 7) is 6.10. The average molecular weight is 215 g/mol. The van der Waals surface area contributed by atoms with E-state index in [-0.39, 0.29) is 5.78 Å². The van der Waals surface area contributed by atoms with Gasteiger partial charge in [-0.15, -0.1) is 0 Å². The maximum absolute atomic E-state index is 12.2. The summed E-state index contributed by atoms with van der Waals surface area (Å²) in [6.07, 6.45) is 0.832. The van der Waals surface area contributed by atoms with Crippen LogP contribution in [0.1, 0.15) is 36.2 Å². The standard InChI is InChI=1S/C14H17NO/c1-9-4-6-12(7-5-9)14(16)13-8-10(2)15-11(13)3/h4-7,10,15H,8H2,1-3H3. The number of carbonyl (C=O) groups excluding carboxylic acids is 1. The lowest BCUT2D eigenvalue weighted by molar-refractivity contribution is 0.103. The van der Waals surface area contributed by atoms with Crippen LogP contribution in [0.2, 0.25) is 0 Å². The Morgan fingerprint density at radius 2 is 1.88 bits per heavy atom. The number of hydrogen-bond acceptors (Lipinski definition) is 2. The molecule has 0 aliphatic carbocycles. The van der Waals surface area contributed by atoms with Gasteiger partial charge >= 0.3 is 0 Å². The molecular formula is C14H17NO. The molecule has 0 fully saturated rings. The third-order valence-electron chi connectivity index (χ3n) is 3.01. The molecule has 1 aliphatic rings. The van der Waals surface area contributed by atoms with Crippen molar-refractivity contribution in [3.8, 4) is 0 Å². The molecule has 0 spiro atoms. The summed E-state index contributed by atoms with van der Waals surface area (Å²) in [5.74, 6) is 0.161. The molecule has 0 radical (unpaired) electrons. The molecule has 84 valence electrons. The van der Waals surface area contributed by atoms with Crippen molar-refractivity contribution in [1.29, 1.82) is 0 Å². The molecule has 0 saturated carbocycles. The molecule has 0 saturated heterocycles. The Morgan fingerprint density at radius 3 is 2.38 bits per heavy atom. The summed E-state index contributed by atoms with van der Waals surface area (Å²) in [6, 6.07) is 8.15. The number of nitrogens with one attached hydrogen (secondary N) is 1. The lowest BCUT2D eigenvalue weighted by Crippen LogP contribution is -2.16. The highest BCUT2D eigenvalue weighted by Crippen LogP contribution is 2.22. The van der Waals surface area contributed by atoms with Crippen LogP contribution >= 0.6 is 0 Å². The van der Waals surface area contributed by atoms with Crippen LogP contribution in [-0.2, 0) is 0 Å². The van der Waals surface area contributed by atoms with Crippen molar-refractivity contribution in [2.75, 3.05) is 0 Å². The van der Waals surface area contributed by atoms with E-state index in [1.807, 2.05) is 38.1 Å². The minimum atomic E-state index is 0.161. The molecule has 16 heavy (non-hydrogen) atoms. The molecule has 0 aromatic heterocycles. The summed E-state index contributed by atoms with van der Waals surface area (Å²) >= 11 is 0. The second kappa shape index (κ2) is 4.12. The fourth-order valence-corrected chi connectivity index (χ4v) is 2.11. The van der Waals surface area contributed by atoms with Crippen LogP contribution in [0, 0.1) is 6.92 Å². The highest BCUT2D eigenvalue weighted by molar-refractivity contribution is 6.09. The summed E-state index contributed by atoms with van der Waals surface area (Å²) < 4.78 is 0. The van der Waals surface area contributed by atoms with E-state index < -0.39 is 0 Å². The first kappa shape index (κ1) is 10.9. The summed E-state index contributed by atoms with van der Waals surface area (Å²) in [5, 5.41) is 3.29. The van der Waals surface area contributed by atoms with Crippen LogP contribution < -0.4 is 5.32 Å². The number of benzene rings is 1. The van der Waals surface area contributed by atoms with Crippen molar-refractivity contribution in [2.24, 2.45) is 0 Å². The first-order valence-electron chi connectivity index (χ1n) is 5.65. The van der Waals surface area contributed by atoms with E-state index in [9.17, 15) is 4.79 Å². The van der Waals surface area contributed by atoms with Gasteiger partial charge in [0.25, 0.3) is 0 Å². The second-order valence-corrected chi connectivity index (χ2v) is 4.55. The van der Waals surface area contributed by atoms with Crippen LogP contribution in [0.3, 0.4) is 0 Å². The van der Waals surface area contributed by atoms with E-state index in [0.717, 1.165) is 23.3 Å². The lowest BCUT2D eigenvalue weighted by atomic mass is 9.99. The first-order valence-corrected chi connectivity index (χ1v) is 5.65. The van der Waals surface area contributed by atoms with Crippen molar-refractivity contribution < 1.29 is 4.79 Å². The normalized spacial score (nSPS) is 19.8. The number of aryl methyl sites for hydroxylation is 1. The van der Waals surface area contributed by atoms with E-state index >= 15 is 0 Å². The van der Waals surface area contributed by atoms with Gasteiger partial charge < -0.3 is 5.32 Å². The molecule has 1 aromatic carbocycles. The molecule has 1 unspecified atom stereocenters.